The third-order valence-corrected chi connectivity index (χ3v) is 9.28. The van der Waals surface area contributed by atoms with E-state index in [1.807, 2.05) is 43.5 Å². The Labute approximate surface area is 219 Å². The van der Waals surface area contributed by atoms with Gasteiger partial charge in [0.15, 0.2) is 0 Å². The molecule has 3 aromatic heterocycles. The number of para-hydroxylation sites is 1. The quantitative estimate of drug-likeness (QED) is 0.280. The van der Waals surface area contributed by atoms with Gasteiger partial charge in [0.1, 0.15) is 16.1 Å². The molecule has 3 heterocycles. The fourth-order valence-corrected chi connectivity index (χ4v) is 7.30. The first-order valence-corrected chi connectivity index (χ1v) is 13.8. The van der Waals surface area contributed by atoms with E-state index in [2.05, 4.69) is 42.8 Å². The molecule has 0 spiro atoms. The van der Waals surface area contributed by atoms with Gasteiger partial charge in [0.25, 0.3) is 5.91 Å². The van der Waals surface area contributed by atoms with Crippen molar-refractivity contribution in [2.45, 2.75) is 53.4 Å². The zero-order chi connectivity index (χ0) is 25.4. The Bertz CT molecular complexity index is 1530. The number of nitriles is 1. The van der Waals surface area contributed by atoms with Crippen LogP contribution in [0.5, 0.6) is 0 Å². The van der Waals surface area contributed by atoms with E-state index in [1.165, 1.54) is 4.88 Å². The fraction of sp³-hybridized carbons (Fsp3) is 0.276. The molecule has 1 aliphatic rings. The van der Waals surface area contributed by atoms with Crippen molar-refractivity contribution in [3.05, 3.63) is 85.4 Å². The van der Waals surface area contributed by atoms with Crippen LogP contribution in [0.25, 0.3) is 5.00 Å². The van der Waals surface area contributed by atoms with Gasteiger partial charge in [-0.1, -0.05) is 18.2 Å². The summed E-state index contributed by atoms with van der Waals surface area (Å²) in [7, 11) is 0. The van der Waals surface area contributed by atoms with Crippen molar-refractivity contribution in [3.8, 4) is 11.1 Å². The number of rotatable bonds is 5. The molecule has 0 bridgehead atoms. The van der Waals surface area contributed by atoms with Crippen molar-refractivity contribution in [1.29, 1.82) is 5.26 Å². The first-order valence-electron chi connectivity index (χ1n) is 12.1. The van der Waals surface area contributed by atoms with Gasteiger partial charge < -0.3 is 9.88 Å². The largest absolute Gasteiger partial charge is 0.322 e. The highest BCUT2D eigenvalue weighted by molar-refractivity contribution is 7.16. The molecule has 0 aliphatic heterocycles. The Morgan fingerprint density at radius 1 is 1.11 bits per heavy atom. The minimum atomic E-state index is -0.0959. The number of nitrogens with one attached hydrogen (secondary N) is 1. The molecule has 5 rings (SSSR count). The number of carbonyl (C=O) groups excluding carboxylic acids is 1. The van der Waals surface area contributed by atoms with Crippen LogP contribution in [-0.4, -0.2) is 16.7 Å². The van der Waals surface area contributed by atoms with Crippen LogP contribution in [0, 0.1) is 39.0 Å². The van der Waals surface area contributed by atoms with Crippen LogP contribution >= 0.6 is 22.7 Å². The number of hydrogen-bond donors (Lipinski definition) is 1. The predicted molar refractivity (Wildman–Crippen MR) is 150 cm³/mol. The summed E-state index contributed by atoms with van der Waals surface area (Å²) in [4.78, 5) is 20.7. The molecule has 0 saturated carbocycles. The lowest BCUT2D eigenvalue weighted by molar-refractivity contribution is 0.102. The third kappa shape index (κ3) is 4.32. The maximum Gasteiger partial charge on any atom is 0.259 e. The Hall–Kier alpha value is -3.47. The van der Waals surface area contributed by atoms with E-state index in [0.29, 0.717) is 5.56 Å². The van der Waals surface area contributed by atoms with Gasteiger partial charge in [-0.2, -0.15) is 5.26 Å². The number of carbonyl (C=O) groups is 1. The standard InChI is InChI=1S/C29H28N4OS2/c1-17-14-21(19(3)33(17)29-24(15-30)18(2)20(4)35-29)16-31-28-26(23-12-8-9-13-25(23)36-28)27(34)32-22-10-6-5-7-11-22/h5-7,10-11,14,16H,8-9,12-13H2,1-4H3,(H,32,34). The highest BCUT2D eigenvalue weighted by atomic mass is 32.1. The average Bonchev–Trinajstić information content (AvgIpc) is 3.48. The summed E-state index contributed by atoms with van der Waals surface area (Å²) in [5.41, 5.74) is 7.49. The first kappa shape index (κ1) is 24.2. The smallest absolute Gasteiger partial charge is 0.259 e. The van der Waals surface area contributed by atoms with Crippen LogP contribution in [0.4, 0.5) is 10.7 Å². The number of aryl methyl sites for hydroxylation is 3. The number of anilines is 1. The van der Waals surface area contributed by atoms with E-state index < -0.39 is 0 Å². The predicted octanol–water partition coefficient (Wildman–Crippen LogP) is 7.59. The summed E-state index contributed by atoms with van der Waals surface area (Å²) in [6.45, 7) is 8.17. The van der Waals surface area contributed by atoms with Crippen LogP contribution < -0.4 is 5.32 Å². The summed E-state index contributed by atoms with van der Waals surface area (Å²) < 4.78 is 2.15. The van der Waals surface area contributed by atoms with Crippen molar-refractivity contribution in [1.82, 2.24) is 4.57 Å². The summed E-state index contributed by atoms with van der Waals surface area (Å²) in [6, 6.07) is 14.1. The number of benzene rings is 1. The van der Waals surface area contributed by atoms with Crippen LogP contribution in [0.15, 0.2) is 41.4 Å². The molecule has 0 radical (unpaired) electrons. The molecule has 182 valence electrons. The Kier molecular flexibility index (Phi) is 6.65. The van der Waals surface area contributed by atoms with E-state index in [0.717, 1.165) is 79.9 Å². The van der Waals surface area contributed by atoms with Gasteiger partial charge in [0.2, 0.25) is 0 Å². The van der Waals surface area contributed by atoms with Gasteiger partial charge in [0.05, 0.1) is 11.1 Å². The summed E-state index contributed by atoms with van der Waals surface area (Å²) in [5, 5.41) is 14.5. The molecule has 5 nitrogen and oxygen atoms in total. The number of hydrogen-bond acceptors (Lipinski definition) is 5. The Balaban J connectivity index is 1.53. The molecule has 0 atom stereocenters. The molecule has 1 aliphatic carbocycles. The minimum Gasteiger partial charge on any atom is -0.322 e. The summed E-state index contributed by atoms with van der Waals surface area (Å²) in [5.74, 6) is -0.0959. The van der Waals surface area contributed by atoms with Crippen molar-refractivity contribution in [2.24, 2.45) is 4.99 Å². The molecule has 1 aromatic carbocycles. The minimum absolute atomic E-state index is 0.0959. The van der Waals surface area contributed by atoms with E-state index >= 15 is 0 Å². The van der Waals surface area contributed by atoms with Crippen molar-refractivity contribution >= 4 is 45.5 Å². The van der Waals surface area contributed by atoms with Crippen molar-refractivity contribution in [3.63, 3.8) is 0 Å². The van der Waals surface area contributed by atoms with Gasteiger partial charge in [-0.25, -0.2) is 4.99 Å². The van der Waals surface area contributed by atoms with E-state index in [1.54, 1.807) is 22.7 Å². The fourth-order valence-electron chi connectivity index (χ4n) is 4.85. The summed E-state index contributed by atoms with van der Waals surface area (Å²) in [6.07, 6.45) is 6.04. The maximum atomic E-state index is 13.4. The highest BCUT2D eigenvalue weighted by Gasteiger charge is 2.25. The SMILES string of the molecule is Cc1sc(-n2c(C)cc(C=Nc3sc4c(c3C(=O)Nc3ccccc3)CCCC4)c2C)c(C#N)c1C. The molecule has 7 heteroatoms. The second kappa shape index (κ2) is 9.88. The van der Waals surface area contributed by atoms with Crippen LogP contribution in [-0.2, 0) is 12.8 Å². The summed E-state index contributed by atoms with van der Waals surface area (Å²) >= 11 is 3.28. The average molecular weight is 513 g/mol. The lowest BCUT2D eigenvalue weighted by Gasteiger charge is -2.12. The molecule has 1 N–H and O–H groups in total. The van der Waals surface area contributed by atoms with Crippen molar-refractivity contribution < 1.29 is 4.79 Å². The Morgan fingerprint density at radius 3 is 2.61 bits per heavy atom. The van der Waals surface area contributed by atoms with Gasteiger partial charge in [0, 0.05) is 38.6 Å². The topological polar surface area (TPSA) is 70.2 Å². The lowest BCUT2D eigenvalue weighted by atomic mass is 9.95. The number of thiophene rings is 2. The number of nitrogens with zero attached hydrogens (tertiary/aromatic N) is 3. The second-order valence-corrected chi connectivity index (χ2v) is 11.5. The number of amides is 1. The molecule has 1 amide bonds. The molecule has 4 aromatic rings. The second-order valence-electron chi connectivity index (χ2n) is 9.21. The zero-order valence-corrected chi connectivity index (χ0v) is 22.6. The van der Waals surface area contributed by atoms with Gasteiger partial charge in [-0.05, 0) is 82.7 Å². The molecule has 36 heavy (non-hydrogen) atoms. The van der Waals surface area contributed by atoms with E-state index in [4.69, 9.17) is 4.99 Å². The highest BCUT2D eigenvalue weighted by Crippen LogP contribution is 2.40. The van der Waals surface area contributed by atoms with E-state index in [-0.39, 0.29) is 5.91 Å². The van der Waals surface area contributed by atoms with Crippen LogP contribution in [0.1, 0.15) is 66.6 Å². The normalized spacial score (nSPS) is 13.1. The molecular weight excluding hydrogens is 484 g/mol. The van der Waals surface area contributed by atoms with Crippen molar-refractivity contribution in [2.75, 3.05) is 5.32 Å². The van der Waals surface area contributed by atoms with E-state index in [9.17, 15) is 10.1 Å². The molecule has 0 saturated heterocycles. The number of aromatic nitrogens is 1. The molecular formula is C29H28N4OS2. The zero-order valence-electron chi connectivity index (χ0n) is 20.9. The Morgan fingerprint density at radius 2 is 1.86 bits per heavy atom. The third-order valence-electron chi connectivity index (χ3n) is 6.88. The lowest BCUT2D eigenvalue weighted by Crippen LogP contribution is -2.14. The van der Waals surface area contributed by atoms with Gasteiger partial charge in [-0.3, -0.25) is 4.79 Å². The van der Waals surface area contributed by atoms with Crippen LogP contribution in [0.2, 0.25) is 0 Å². The number of fused-ring (bicyclic) bond motifs is 1. The first-order chi connectivity index (χ1) is 17.4. The van der Waals surface area contributed by atoms with Gasteiger partial charge in [-0.15, -0.1) is 22.7 Å². The molecule has 0 fully saturated rings. The molecule has 0 unspecified atom stereocenters. The maximum absolute atomic E-state index is 13.4. The van der Waals surface area contributed by atoms with Gasteiger partial charge >= 0.3 is 0 Å². The van der Waals surface area contributed by atoms with Crippen LogP contribution in [0.3, 0.4) is 0 Å². The number of aliphatic imine (C=N–C) groups is 1. The monoisotopic (exact) mass is 512 g/mol.